The lowest BCUT2D eigenvalue weighted by molar-refractivity contribution is -0.149. The number of aliphatic hydroxyl groups is 2. The molecular formula is C26H36O6. The molecular weight excluding hydrogens is 408 g/mol. The Morgan fingerprint density at radius 3 is 1.97 bits per heavy atom. The molecule has 2 aliphatic rings. The van der Waals surface area contributed by atoms with Gasteiger partial charge < -0.3 is 24.4 Å². The van der Waals surface area contributed by atoms with Gasteiger partial charge in [0.1, 0.15) is 6.10 Å². The summed E-state index contributed by atoms with van der Waals surface area (Å²) in [4.78, 5) is 11.3. The van der Waals surface area contributed by atoms with E-state index in [0.717, 1.165) is 44.9 Å². The highest BCUT2D eigenvalue weighted by atomic mass is 16.7. The summed E-state index contributed by atoms with van der Waals surface area (Å²) in [7, 11) is 0. The van der Waals surface area contributed by atoms with E-state index in [9.17, 15) is 15.0 Å². The van der Waals surface area contributed by atoms with E-state index >= 15 is 0 Å². The van der Waals surface area contributed by atoms with Crippen LogP contribution in [0.2, 0.25) is 0 Å². The molecule has 0 radical (unpaired) electrons. The van der Waals surface area contributed by atoms with Gasteiger partial charge in [0.05, 0.1) is 6.61 Å². The molecule has 1 saturated heterocycles. The lowest BCUT2D eigenvalue weighted by Crippen LogP contribution is -2.31. The summed E-state index contributed by atoms with van der Waals surface area (Å²) < 4.78 is 16.1. The van der Waals surface area contributed by atoms with E-state index in [1.165, 1.54) is 0 Å². The fraction of sp³-hybridized carbons (Fsp3) is 0.500. The van der Waals surface area contributed by atoms with Gasteiger partial charge in [-0.15, -0.1) is 0 Å². The summed E-state index contributed by atoms with van der Waals surface area (Å²) in [6.07, 6.45) is 27.3. The van der Waals surface area contributed by atoms with Gasteiger partial charge in [0, 0.05) is 0 Å². The monoisotopic (exact) mass is 444 g/mol. The van der Waals surface area contributed by atoms with Gasteiger partial charge in [-0.25, -0.2) is 4.79 Å². The number of rotatable bonds is 14. The molecule has 3 atom stereocenters. The van der Waals surface area contributed by atoms with Gasteiger partial charge in [0.25, 0.3) is 0 Å². The second kappa shape index (κ2) is 15.3. The first-order valence-corrected chi connectivity index (χ1v) is 11.5. The molecule has 0 amide bonds. The Bertz CT molecular complexity index is 743. The lowest BCUT2D eigenvalue weighted by atomic mass is 10.2. The van der Waals surface area contributed by atoms with Crippen LogP contribution in [0.3, 0.4) is 0 Å². The number of esters is 1. The number of ether oxygens (including phenoxy) is 3. The van der Waals surface area contributed by atoms with E-state index < -0.39 is 36.0 Å². The summed E-state index contributed by atoms with van der Waals surface area (Å²) in [5, 5.41) is 19.1. The first kappa shape index (κ1) is 25.7. The van der Waals surface area contributed by atoms with E-state index in [2.05, 4.69) is 67.7 Å². The minimum absolute atomic E-state index is 0.210. The highest BCUT2D eigenvalue weighted by Gasteiger charge is 2.44. The van der Waals surface area contributed by atoms with Gasteiger partial charge in [0.2, 0.25) is 5.76 Å². The van der Waals surface area contributed by atoms with Crippen molar-refractivity contribution in [2.45, 2.75) is 76.8 Å². The zero-order chi connectivity index (χ0) is 23.0. The van der Waals surface area contributed by atoms with Crippen LogP contribution in [-0.2, 0) is 19.0 Å². The molecule has 2 aliphatic heterocycles. The second-order valence-corrected chi connectivity index (χ2v) is 7.64. The molecule has 0 aliphatic carbocycles. The van der Waals surface area contributed by atoms with Crippen molar-refractivity contribution in [1.82, 2.24) is 0 Å². The first-order chi connectivity index (χ1) is 15.6. The molecule has 0 aromatic rings. The van der Waals surface area contributed by atoms with Crippen LogP contribution in [0.4, 0.5) is 0 Å². The minimum atomic E-state index is -0.988. The molecule has 6 nitrogen and oxygen atoms in total. The Kier molecular flexibility index (Phi) is 12.3. The largest absolute Gasteiger partial charge is 0.505 e. The van der Waals surface area contributed by atoms with Gasteiger partial charge in [-0.1, -0.05) is 67.7 Å². The summed E-state index contributed by atoms with van der Waals surface area (Å²) in [6.45, 7) is 2.35. The van der Waals surface area contributed by atoms with Crippen molar-refractivity contribution in [3.63, 3.8) is 0 Å². The van der Waals surface area contributed by atoms with E-state index in [-0.39, 0.29) is 6.61 Å². The van der Waals surface area contributed by atoms with Crippen LogP contribution in [-0.4, -0.2) is 41.3 Å². The number of cyclic esters (lactones) is 1. The van der Waals surface area contributed by atoms with E-state index in [4.69, 9.17) is 14.2 Å². The number of unbranched alkanes of at least 4 members (excludes halogenated alkanes) is 1. The Labute approximate surface area is 191 Å². The molecule has 32 heavy (non-hydrogen) atoms. The zero-order valence-electron chi connectivity index (χ0n) is 18.9. The molecule has 2 rings (SSSR count). The molecule has 0 saturated carbocycles. The number of carbonyl (C=O) groups is 1. The second-order valence-electron chi connectivity index (χ2n) is 7.64. The number of hydrogen-bond acceptors (Lipinski definition) is 6. The Hall–Kier alpha value is -2.57. The maximum Gasteiger partial charge on any atom is 0.377 e. The normalized spacial score (nSPS) is 24.5. The topological polar surface area (TPSA) is 85.2 Å². The van der Waals surface area contributed by atoms with Crippen molar-refractivity contribution in [2.75, 3.05) is 6.61 Å². The quantitative estimate of drug-likeness (QED) is 0.197. The number of hydrogen-bond donors (Lipinski definition) is 2. The van der Waals surface area contributed by atoms with Crippen molar-refractivity contribution in [1.29, 1.82) is 0 Å². The maximum atomic E-state index is 11.3. The third-order valence-electron chi connectivity index (χ3n) is 5.02. The maximum absolute atomic E-state index is 11.3. The fourth-order valence-corrected chi connectivity index (χ4v) is 3.28. The minimum Gasteiger partial charge on any atom is -0.505 e. The van der Waals surface area contributed by atoms with E-state index in [1.807, 2.05) is 0 Å². The molecule has 2 heterocycles. The molecule has 0 spiro atoms. The van der Waals surface area contributed by atoms with Crippen molar-refractivity contribution in [3.8, 4) is 0 Å². The van der Waals surface area contributed by atoms with Gasteiger partial charge in [-0.2, -0.15) is 0 Å². The van der Waals surface area contributed by atoms with Crippen molar-refractivity contribution < 1.29 is 29.2 Å². The SMILES string of the molecule is CC/C=C\C/C=C\C/C=C\C/C=C\C/C=C\CCCC1OCC(C2OC(=O)C(O)=C2O)O1. The van der Waals surface area contributed by atoms with Crippen molar-refractivity contribution in [2.24, 2.45) is 0 Å². The highest BCUT2D eigenvalue weighted by Crippen LogP contribution is 2.28. The standard InChI is InChI=1S/C26H36O6/c1-2-3-4-5-6-7-8-9-10-11-12-13-14-15-16-17-18-19-22-30-20-21(31-22)25-23(27)24(28)26(29)32-25/h3-4,6-7,9-10,12-13,15-16,21-22,25,27-28H,2,5,8,11,14,17-20H2,1H3/b4-3-,7-6-,10-9-,13-12-,16-15-. The molecule has 2 N–H and O–H groups in total. The predicted molar refractivity (Wildman–Crippen MR) is 125 cm³/mol. The molecule has 1 fully saturated rings. The van der Waals surface area contributed by atoms with Crippen LogP contribution in [0.1, 0.15) is 58.3 Å². The lowest BCUT2D eigenvalue weighted by Gasteiger charge is -2.16. The van der Waals surface area contributed by atoms with Gasteiger partial charge in [0.15, 0.2) is 18.2 Å². The van der Waals surface area contributed by atoms with Crippen LogP contribution < -0.4 is 0 Å². The van der Waals surface area contributed by atoms with Gasteiger partial charge >= 0.3 is 5.97 Å². The number of aliphatic hydroxyl groups excluding tert-OH is 2. The van der Waals surface area contributed by atoms with Crippen LogP contribution in [0, 0.1) is 0 Å². The van der Waals surface area contributed by atoms with E-state index in [1.54, 1.807) is 0 Å². The average molecular weight is 445 g/mol. The smallest absolute Gasteiger partial charge is 0.377 e. The average Bonchev–Trinajstić information content (AvgIpc) is 3.36. The number of allylic oxidation sites excluding steroid dienone is 10. The molecule has 0 aromatic heterocycles. The molecule has 176 valence electrons. The third kappa shape index (κ3) is 9.28. The van der Waals surface area contributed by atoms with Gasteiger partial charge in [-0.3, -0.25) is 0 Å². The number of carbonyl (C=O) groups excluding carboxylic acids is 1. The Morgan fingerprint density at radius 2 is 1.44 bits per heavy atom. The van der Waals surface area contributed by atoms with Crippen LogP contribution in [0.15, 0.2) is 72.3 Å². The Morgan fingerprint density at radius 1 is 0.875 bits per heavy atom. The fourth-order valence-electron chi connectivity index (χ4n) is 3.28. The molecule has 0 aromatic carbocycles. The van der Waals surface area contributed by atoms with E-state index in [0.29, 0.717) is 6.42 Å². The van der Waals surface area contributed by atoms with Crippen LogP contribution >= 0.6 is 0 Å². The summed E-state index contributed by atoms with van der Waals surface area (Å²) >= 11 is 0. The predicted octanol–water partition coefficient (Wildman–Crippen LogP) is 5.90. The zero-order valence-corrected chi connectivity index (χ0v) is 18.9. The summed E-state index contributed by atoms with van der Waals surface area (Å²) in [5.74, 6) is -2.17. The highest BCUT2D eigenvalue weighted by molar-refractivity contribution is 5.89. The first-order valence-electron chi connectivity index (χ1n) is 11.5. The molecule has 0 bridgehead atoms. The summed E-state index contributed by atoms with van der Waals surface area (Å²) in [6, 6.07) is 0. The van der Waals surface area contributed by atoms with Gasteiger partial charge in [-0.05, 0) is 51.4 Å². The third-order valence-corrected chi connectivity index (χ3v) is 5.02. The van der Waals surface area contributed by atoms with Crippen molar-refractivity contribution in [3.05, 3.63) is 72.3 Å². The van der Waals surface area contributed by atoms with Crippen LogP contribution in [0.5, 0.6) is 0 Å². The van der Waals surface area contributed by atoms with Crippen molar-refractivity contribution >= 4 is 5.97 Å². The Balaban J connectivity index is 1.47. The van der Waals surface area contributed by atoms with Crippen LogP contribution in [0.25, 0.3) is 0 Å². The molecule has 6 heteroatoms. The molecule has 3 unspecified atom stereocenters. The summed E-state index contributed by atoms with van der Waals surface area (Å²) in [5.41, 5.74) is 0.